The van der Waals surface area contributed by atoms with Crippen molar-refractivity contribution in [2.45, 2.75) is 38.1 Å². The fourth-order valence-electron chi connectivity index (χ4n) is 2.46. The molecule has 0 bridgehead atoms. The number of piperidine rings is 1. The zero-order valence-corrected chi connectivity index (χ0v) is 14.5. The topological polar surface area (TPSA) is 63.4 Å². The SMILES string of the molecule is Cc1cc(S(=O)(=O)N2CCC(N)C(C)(C)C2)ccc1Br. The molecule has 2 rings (SSSR count). The lowest BCUT2D eigenvalue weighted by atomic mass is 9.81. The Morgan fingerprint density at radius 2 is 2.05 bits per heavy atom. The molecule has 1 aliphatic rings. The van der Waals surface area contributed by atoms with Gasteiger partial charge in [0.25, 0.3) is 0 Å². The van der Waals surface area contributed by atoms with Gasteiger partial charge in [-0.1, -0.05) is 29.8 Å². The van der Waals surface area contributed by atoms with Gasteiger partial charge in [0.2, 0.25) is 10.0 Å². The van der Waals surface area contributed by atoms with Crippen LogP contribution in [0.2, 0.25) is 0 Å². The molecule has 0 aromatic heterocycles. The fraction of sp³-hybridized carbons (Fsp3) is 0.571. The van der Waals surface area contributed by atoms with E-state index in [0.29, 0.717) is 24.4 Å². The van der Waals surface area contributed by atoms with Crippen LogP contribution in [0.4, 0.5) is 0 Å². The number of benzene rings is 1. The van der Waals surface area contributed by atoms with Crippen molar-refractivity contribution in [2.24, 2.45) is 11.1 Å². The number of halogens is 1. The average molecular weight is 361 g/mol. The minimum atomic E-state index is -3.44. The van der Waals surface area contributed by atoms with Gasteiger partial charge in [0.05, 0.1) is 4.90 Å². The Balaban J connectivity index is 2.33. The van der Waals surface area contributed by atoms with Crippen LogP contribution < -0.4 is 5.73 Å². The van der Waals surface area contributed by atoms with E-state index in [1.165, 1.54) is 0 Å². The maximum absolute atomic E-state index is 12.7. The molecule has 0 saturated carbocycles. The van der Waals surface area contributed by atoms with Crippen LogP contribution in [0, 0.1) is 12.3 Å². The smallest absolute Gasteiger partial charge is 0.243 e. The predicted molar refractivity (Wildman–Crippen MR) is 84.0 cm³/mol. The summed E-state index contributed by atoms with van der Waals surface area (Å²) in [6, 6.07) is 5.18. The monoisotopic (exact) mass is 360 g/mol. The lowest BCUT2D eigenvalue weighted by Crippen LogP contribution is -2.53. The third-order valence-corrected chi connectivity index (χ3v) is 6.78. The van der Waals surface area contributed by atoms with E-state index < -0.39 is 10.0 Å². The summed E-state index contributed by atoms with van der Waals surface area (Å²) >= 11 is 3.39. The maximum atomic E-state index is 12.7. The van der Waals surface area contributed by atoms with Crippen molar-refractivity contribution in [3.05, 3.63) is 28.2 Å². The van der Waals surface area contributed by atoms with Gasteiger partial charge in [0.15, 0.2) is 0 Å². The van der Waals surface area contributed by atoms with E-state index in [1.807, 2.05) is 20.8 Å². The van der Waals surface area contributed by atoms with E-state index >= 15 is 0 Å². The molecular weight excluding hydrogens is 340 g/mol. The molecule has 1 heterocycles. The number of hydrogen-bond donors (Lipinski definition) is 1. The normalized spacial score (nSPS) is 23.8. The van der Waals surface area contributed by atoms with Gasteiger partial charge >= 0.3 is 0 Å². The number of aryl methyl sites for hydroxylation is 1. The van der Waals surface area contributed by atoms with E-state index in [4.69, 9.17) is 5.73 Å². The Morgan fingerprint density at radius 1 is 1.40 bits per heavy atom. The van der Waals surface area contributed by atoms with Crippen molar-refractivity contribution in [1.29, 1.82) is 0 Å². The Bertz CT molecular complexity index is 614. The van der Waals surface area contributed by atoms with Crippen LogP contribution in [0.15, 0.2) is 27.6 Å². The number of nitrogens with zero attached hydrogens (tertiary/aromatic N) is 1. The van der Waals surface area contributed by atoms with E-state index in [0.717, 1.165) is 10.0 Å². The highest BCUT2D eigenvalue weighted by atomic mass is 79.9. The lowest BCUT2D eigenvalue weighted by Gasteiger charge is -2.41. The molecule has 20 heavy (non-hydrogen) atoms. The Hall–Kier alpha value is -0.430. The molecule has 0 aliphatic carbocycles. The third kappa shape index (κ3) is 2.93. The predicted octanol–water partition coefficient (Wildman–Crippen LogP) is 2.51. The van der Waals surface area contributed by atoms with E-state index in [2.05, 4.69) is 15.9 Å². The molecule has 112 valence electrons. The molecule has 0 radical (unpaired) electrons. The van der Waals surface area contributed by atoms with Crippen molar-refractivity contribution in [3.63, 3.8) is 0 Å². The van der Waals surface area contributed by atoms with Gasteiger partial charge in [0, 0.05) is 23.6 Å². The minimum absolute atomic E-state index is 0.0422. The first-order chi connectivity index (χ1) is 9.14. The summed E-state index contributed by atoms with van der Waals surface area (Å²) in [6.45, 7) is 6.88. The van der Waals surface area contributed by atoms with Crippen molar-refractivity contribution in [3.8, 4) is 0 Å². The second-order valence-electron chi connectivity index (χ2n) is 6.13. The van der Waals surface area contributed by atoms with Gasteiger partial charge in [-0.25, -0.2) is 8.42 Å². The van der Waals surface area contributed by atoms with Crippen LogP contribution in [-0.2, 0) is 10.0 Å². The van der Waals surface area contributed by atoms with Crippen LogP contribution in [0.5, 0.6) is 0 Å². The zero-order chi connectivity index (χ0) is 15.1. The van der Waals surface area contributed by atoms with Crippen LogP contribution in [0.1, 0.15) is 25.8 Å². The summed E-state index contributed by atoms with van der Waals surface area (Å²) in [7, 11) is -3.44. The summed E-state index contributed by atoms with van der Waals surface area (Å²) in [4.78, 5) is 0.351. The van der Waals surface area contributed by atoms with Crippen LogP contribution >= 0.6 is 15.9 Å². The zero-order valence-electron chi connectivity index (χ0n) is 12.1. The second-order valence-corrected chi connectivity index (χ2v) is 8.93. The highest BCUT2D eigenvalue weighted by molar-refractivity contribution is 9.10. The van der Waals surface area contributed by atoms with Gasteiger partial charge in [-0.2, -0.15) is 4.31 Å². The van der Waals surface area contributed by atoms with Gasteiger partial charge in [0.1, 0.15) is 0 Å². The van der Waals surface area contributed by atoms with Gasteiger partial charge in [-0.05, 0) is 42.5 Å². The molecule has 4 nitrogen and oxygen atoms in total. The maximum Gasteiger partial charge on any atom is 0.243 e. The van der Waals surface area contributed by atoms with E-state index in [1.54, 1.807) is 22.5 Å². The van der Waals surface area contributed by atoms with Crippen molar-refractivity contribution < 1.29 is 8.42 Å². The number of sulfonamides is 1. The first kappa shape index (κ1) is 15.9. The highest BCUT2D eigenvalue weighted by Gasteiger charge is 2.38. The molecule has 0 spiro atoms. The summed E-state index contributed by atoms with van der Waals surface area (Å²) < 4.78 is 27.9. The minimum Gasteiger partial charge on any atom is -0.327 e. The first-order valence-electron chi connectivity index (χ1n) is 6.66. The molecule has 1 aromatic rings. The van der Waals surface area contributed by atoms with Crippen LogP contribution in [0.3, 0.4) is 0 Å². The molecule has 1 saturated heterocycles. The van der Waals surface area contributed by atoms with Crippen molar-refractivity contribution >= 4 is 26.0 Å². The van der Waals surface area contributed by atoms with Gasteiger partial charge in [-0.3, -0.25) is 0 Å². The van der Waals surface area contributed by atoms with E-state index in [9.17, 15) is 8.42 Å². The van der Waals surface area contributed by atoms with Crippen molar-refractivity contribution in [2.75, 3.05) is 13.1 Å². The third-order valence-electron chi connectivity index (χ3n) is 4.04. The summed E-state index contributed by atoms with van der Waals surface area (Å²) in [6.07, 6.45) is 0.696. The number of nitrogens with two attached hydrogens (primary N) is 1. The summed E-state index contributed by atoms with van der Waals surface area (Å²) in [5.41, 5.74) is 6.79. The molecule has 1 fully saturated rings. The molecule has 6 heteroatoms. The Labute approximate surface area is 129 Å². The molecular formula is C14H21BrN2O2S. The largest absolute Gasteiger partial charge is 0.327 e. The molecule has 1 unspecified atom stereocenters. The molecule has 2 N–H and O–H groups in total. The number of hydrogen-bond acceptors (Lipinski definition) is 3. The average Bonchev–Trinajstić information content (AvgIpc) is 2.35. The molecule has 1 aliphatic heterocycles. The summed E-state index contributed by atoms with van der Waals surface area (Å²) in [5.74, 6) is 0. The van der Waals surface area contributed by atoms with Gasteiger partial charge in [-0.15, -0.1) is 0 Å². The Morgan fingerprint density at radius 3 is 2.60 bits per heavy atom. The molecule has 1 aromatic carbocycles. The molecule has 0 amide bonds. The van der Waals surface area contributed by atoms with Crippen molar-refractivity contribution in [1.82, 2.24) is 4.31 Å². The van der Waals surface area contributed by atoms with E-state index in [-0.39, 0.29) is 11.5 Å². The van der Waals surface area contributed by atoms with Crippen LogP contribution in [-0.4, -0.2) is 31.9 Å². The second kappa shape index (κ2) is 5.40. The quantitative estimate of drug-likeness (QED) is 0.880. The number of rotatable bonds is 2. The van der Waals surface area contributed by atoms with Gasteiger partial charge < -0.3 is 5.73 Å². The lowest BCUT2D eigenvalue weighted by molar-refractivity contribution is 0.155. The molecule has 1 atom stereocenters. The fourth-order valence-corrected chi connectivity index (χ4v) is 4.42. The Kier molecular flexibility index (Phi) is 4.31. The highest BCUT2D eigenvalue weighted by Crippen LogP contribution is 2.32. The first-order valence-corrected chi connectivity index (χ1v) is 8.90. The summed E-state index contributed by atoms with van der Waals surface area (Å²) in [5, 5.41) is 0. The standard InChI is InChI=1S/C14H21BrN2O2S/c1-10-8-11(4-5-12(10)15)20(18,19)17-7-6-13(16)14(2,3)9-17/h4-5,8,13H,6-7,9,16H2,1-3H3. The van der Waals surface area contributed by atoms with Crippen LogP contribution in [0.25, 0.3) is 0 Å².